The second-order valence-corrected chi connectivity index (χ2v) is 5.43. The van der Waals surface area contributed by atoms with E-state index in [1.54, 1.807) is 6.07 Å². The van der Waals surface area contributed by atoms with Crippen molar-refractivity contribution in [3.8, 4) is 5.75 Å². The fraction of sp³-hybridized carbons (Fsp3) is 0.286. The van der Waals surface area contributed by atoms with Crippen LogP contribution in [0.25, 0.3) is 0 Å². The lowest BCUT2D eigenvalue weighted by Crippen LogP contribution is -2.28. The molecule has 0 saturated carbocycles. The number of rotatable bonds is 3. The third kappa shape index (κ3) is 3.09. The van der Waals surface area contributed by atoms with E-state index < -0.39 is 24.8 Å². The topological polar surface area (TPSA) is 84.6 Å². The summed E-state index contributed by atoms with van der Waals surface area (Å²) in [7, 11) is -1.10. The van der Waals surface area contributed by atoms with Gasteiger partial charge in [0.1, 0.15) is 11.3 Å². The Bertz CT molecular complexity index is 791. The Kier molecular flexibility index (Phi) is 4.00. The number of nitrogens with zero attached hydrogens (tertiary/aromatic N) is 2. The van der Waals surface area contributed by atoms with Gasteiger partial charge in [0.15, 0.2) is 0 Å². The summed E-state index contributed by atoms with van der Waals surface area (Å²) in [5, 5.41) is 22.6. The van der Waals surface area contributed by atoms with E-state index in [9.17, 15) is 28.1 Å². The maximum absolute atomic E-state index is 12.6. The van der Waals surface area contributed by atoms with Gasteiger partial charge >= 0.3 is 19.3 Å². The van der Waals surface area contributed by atoms with E-state index in [4.69, 9.17) is 4.65 Å². The molecule has 0 fully saturated rings. The number of carboxylic acid groups (broad SMARTS) is 1. The van der Waals surface area contributed by atoms with Crippen LogP contribution in [0.4, 0.5) is 13.2 Å². The van der Waals surface area contributed by atoms with E-state index in [2.05, 4.69) is 5.10 Å². The maximum Gasteiger partial charge on any atom is 0.522 e. The Morgan fingerprint density at radius 3 is 2.79 bits per heavy atom. The number of aromatic nitrogens is 2. The summed E-state index contributed by atoms with van der Waals surface area (Å²) >= 11 is 0. The van der Waals surface area contributed by atoms with Crippen LogP contribution in [-0.4, -0.2) is 33.0 Å². The first-order valence-corrected chi connectivity index (χ1v) is 7.08. The molecule has 1 aromatic heterocycles. The van der Waals surface area contributed by atoms with Gasteiger partial charge < -0.3 is 14.8 Å². The van der Waals surface area contributed by atoms with Crippen LogP contribution in [0, 0.1) is 0 Å². The largest absolute Gasteiger partial charge is 0.535 e. The SMILES string of the molecule is O=C(O)c1c(Cn2cc(C(F)(F)F)cn2)ccc2c1OB(O)CC2. The van der Waals surface area contributed by atoms with Crippen molar-refractivity contribution >= 4 is 13.1 Å². The highest BCUT2D eigenvalue weighted by molar-refractivity contribution is 6.44. The molecule has 10 heteroatoms. The van der Waals surface area contributed by atoms with Crippen molar-refractivity contribution in [3.05, 3.63) is 46.8 Å². The summed E-state index contributed by atoms with van der Waals surface area (Å²) in [4.78, 5) is 11.6. The number of halogens is 3. The van der Waals surface area contributed by atoms with E-state index in [0.29, 0.717) is 24.5 Å². The number of aryl methyl sites for hydroxylation is 1. The first kappa shape index (κ1) is 16.4. The van der Waals surface area contributed by atoms with Gasteiger partial charge in [-0.3, -0.25) is 4.68 Å². The smallest absolute Gasteiger partial charge is 0.522 e. The molecule has 0 saturated heterocycles. The summed E-state index contributed by atoms with van der Waals surface area (Å²) in [5.41, 5.74) is -0.204. The van der Waals surface area contributed by atoms with Crippen LogP contribution >= 0.6 is 0 Å². The molecule has 0 radical (unpaired) electrons. The highest BCUT2D eigenvalue weighted by atomic mass is 19.4. The molecule has 24 heavy (non-hydrogen) atoms. The quantitative estimate of drug-likeness (QED) is 0.836. The number of hydrogen-bond acceptors (Lipinski definition) is 4. The lowest BCUT2D eigenvalue weighted by Gasteiger charge is -2.23. The minimum Gasteiger partial charge on any atom is -0.535 e. The van der Waals surface area contributed by atoms with Crippen molar-refractivity contribution in [1.29, 1.82) is 0 Å². The lowest BCUT2D eigenvalue weighted by atomic mass is 9.78. The molecule has 1 aliphatic rings. The number of hydrogen-bond donors (Lipinski definition) is 2. The molecule has 6 nitrogen and oxygen atoms in total. The molecule has 3 rings (SSSR count). The van der Waals surface area contributed by atoms with Gasteiger partial charge in [-0.1, -0.05) is 12.1 Å². The lowest BCUT2D eigenvalue weighted by molar-refractivity contribution is -0.137. The monoisotopic (exact) mass is 340 g/mol. The minimum absolute atomic E-state index is 0.0574. The predicted octanol–water partition coefficient (Wildman–Crippen LogP) is 2.06. The Labute approximate surface area is 134 Å². The summed E-state index contributed by atoms with van der Waals surface area (Å²) in [6.07, 6.45) is -2.23. The maximum atomic E-state index is 12.6. The molecule has 126 valence electrons. The van der Waals surface area contributed by atoms with Crippen LogP contribution in [0.3, 0.4) is 0 Å². The zero-order valence-corrected chi connectivity index (χ0v) is 12.2. The fourth-order valence-electron chi connectivity index (χ4n) is 2.61. The highest BCUT2D eigenvalue weighted by Crippen LogP contribution is 2.33. The Morgan fingerprint density at radius 2 is 2.17 bits per heavy atom. The molecule has 0 aliphatic carbocycles. The summed E-state index contributed by atoms with van der Waals surface area (Å²) < 4.78 is 44.1. The molecule has 1 aromatic carbocycles. The summed E-state index contributed by atoms with van der Waals surface area (Å²) in [6, 6.07) is 3.18. The summed E-state index contributed by atoms with van der Waals surface area (Å²) in [6.45, 7) is -0.162. The van der Waals surface area contributed by atoms with Gasteiger partial charge in [-0.05, 0) is 23.9 Å². The van der Waals surface area contributed by atoms with Crippen molar-refractivity contribution in [2.75, 3.05) is 0 Å². The molecule has 2 aromatic rings. The molecule has 0 amide bonds. The van der Waals surface area contributed by atoms with E-state index in [-0.39, 0.29) is 23.4 Å². The number of carbonyl (C=O) groups is 1. The molecule has 0 spiro atoms. The van der Waals surface area contributed by atoms with Crippen LogP contribution in [0.5, 0.6) is 5.75 Å². The Balaban J connectivity index is 1.98. The Morgan fingerprint density at radius 1 is 1.42 bits per heavy atom. The minimum atomic E-state index is -4.52. The van der Waals surface area contributed by atoms with Crippen LogP contribution in [0.2, 0.25) is 6.32 Å². The van der Waals surface area contributed by atoms with Gasteiger partial charge in [0.2, 0.25) is 0 Å². The van der Waals surface area contributed by atoms with Gasteiger partial charge in [0.05, 0.1) is 18.3 Å². The molecular formula is C14H12BF3N2O4. The van der Waals surface area contributed by atoms with Crippen molar-refractivity contribution in [2.45, 2.75) is 25.5 Å². The molecule has 0 unspecified atom stereocenters. The number of benzene rings is 1. The normalized spacial score (nSPS) is 14.2. The van der Waals surface area contributed by atoms with Crippen LogP contribution in [0.1, 0.15) is 27.0 Å². The van der Waals surface area contributed by atoms with Gasteiger partial charge in [0.25, 0.3) is 0 Å². The van der Waals surface area contributed by atoms with E-state index in [0.717, 1.165) is 10.9 Å². The van der Waals surface area contributed by atoms with Gasteiger partial charge in [-0.15, -0.1) is 0 Å². The van der Waals surface area contributed by atoms with Crippen LogP contribution in [-0.2, 0) is 19.1 Å². The second kappa shape index (κ2) is 5.86. The van der Waals surface area contributed by atoms with Crippen molar-refractivity contribution in [3.63, 3.8) is 0 Å². The first-order valence-electron chi connectivity index (χ1n) is 7.08. The van der Waals surface area contributed by atoms with Gasteiger partial charge in [0, 0.05) is 6.20 Å². The molecule has 1 aliphatic heterocycles. The summed E-state index contributed by atoms with van der Waals surface area (Å²) in [5.74, 6) is -1.22. The van der Waals surface area contributed by atoms with Crippen molar-refractivity contribution < 1.29 is 32.8 Å². The zero-order chi connectivity index (χ0) is 17.5. The zero-order valence-electron chi connectivity index (χ0n) is 12.2. The average Bonchev–Trinajstić information content (AvgIpc) is 2.95. The highest BCUT2D eigenvalue weighted by Gasteiger charge is 2.33. The third-order valence-electron chi connectivity index (χ3n) is 3.75. The number of fused-ring (bicyclic) bond motifs is 1. The predicted molar refractivity (Wildman–Crippen MR) is 76.8 cm³/mol. The molecule has 2 N–H and O–H groups in total. The van der Waals surface area contributed by atoms with Crippen LogP contribution in [0.15, 0.2) is 24.5 Å². The second-order valence-electron chi connectivity index (χ2n) is 5.43. The molecular weight excluding hydrogens is 328 g/mol. The van der Waals surface area contributed by atoms with Crippen LogP contribution < -0.4 is 4.65 Å². The van der Waals surface area contributed by atoms with E-state index >= 15 is 0 Å². The third-order valence-corrected chi connectivity index (χ3v) is 3.75. The van der Waals surface area contributed by atoms with Crippen molar-refractivity contribution in [2.24, 2.45) is 0 Å². The average molecular weight is 340 g/mol. The molecule has 0 bridgehead atoms. The Hall–Kier alpha value is -2.49. The van der Waals surface area contributed by atoms with E-state index in [1.807, 2.05) is 0 Å². The standard InChI is InChI=1S/C14H12BF3N2O4/c16-14(17,18)10-5-19-20(7-10)6-9-2-1-8-3-4-15(23)24-12(8)11(9)13(21)22/h1-2,5,7,23H,3-4,6H2,(H,21,22). The van der Waals surface area contributed by atoms with Gasteiger partial charge in [-0.2, -0.15) is 18.3 Å². The first-order chi connectivity index (χ1) is 11.3. The van der Waals surface area contributed by atoms with E-state index in [1.165, 1.54) is 6.07 Å². The molecule has 2 heterocycles. The number of carboxylic acids is 1. The van der Waals surface area contributed by atoms with Gasteiger partial charge in [-0.25, -0.2) is 4.79 Å². The number of aromatic carboxylic acids is 1. The van der Waals surface area contributed by atoms with Crippen molar-refractivity contribution in [1.82, 2.24) is 9.78 Å². The fourth-order valence-corrected chi connectivity index (χ4v) is 2.61. The molecule has 0 atom stereocenters. The number of alkyl halides is 3.